The van der Waals surface area contributed by atoms with E-state index in [0.29, 0.717) is 29.5 Å². The van der Waals surface area contributed by atoms with Gasteiger partial charge < -0.3 is 9.64 Å². The van der Waals surface area contributed by atoms with Gasteiger partial charge in [-0.15, -0.1) is 11.3 Å². The first kappa shape index (κ1) is 15.2. The van der Waals surface area contributed by atoms with Crippen LogP contribution in [0.15, 0.2) is 30.5 Å². The summed E-state index contributed by atoms with van der Waals surface area (Å²) in [5.41, 5.74) is 0.963. The fourth-order valence-electron chi connectivity index (χ4n) is 2.24. The maximum absolute atomic E-state index is 12.4. The summed E-state index contributed by atoms with van der Waals surface area (Å²) in [6.07, 6.45) is 1.62. The summed E-state index contributed by atoms with van der Waals surface area (Å²) >= 11 is 1.38. The molecule has 0 atom stereocenters. The van der Waals surface area contributed by atoms with Crippen LogP contribution in [0.5, 0.6) is 5.75 Å². The Hall–Kier alpha value is -1.73. The second-order valence-corrected chi connectivity index (χ2v) is 7.63. The Labute approximate surface area is 135 Å². The molecule has 1 aliphatic heterocycles. The summed E-state index contributed by atoms with van der Waals surface area (Å²) in [6.45, 7) is 1.11. The Morgan fingerprint density at radius 3 is 2.59 bits per heavy atom. The molecule has 1 aromatic carbocycles. The summed E-state index contributed by atoms with van der Waals surface area (Å²) in [4.78, 5) is 19.2. The van der Waals surface area contributed by atoms with Gasteiger partial charge in [-0.25, -0.2) is 4.98 Å². The van der Waals surface area contributed by atoms with Crippen LogP contribution in [-0.2, 0) is 10.8 Å². The summed E-state index contributed by atoms with van der Waals surface area (Å²) in [6, 6.07) is 7.60. The lowest BCUT2D eigenvalue weighted by Gasteiger charge is -2.25. The molecule has 7 heteroatoms. The number of thiazole rings is 1. The van der Waals surface area contributed by atoms with Crippen molar-refractivity contribution in [3.05, 3.63) is 35.3 Å². The largest absolute Gasteiger partial charge is 0.497 e. The topological polar surface area (TPSA) is 59.5 Å². The van der Waals surface area contributed by atoms with E-state index in [1.165, 1.54) is 11.3 Å². The van der Waals surface area contributed by atoms with Crippen molar-refractivity contribution in [2.45, 2.75) is 0 Å². The van der Waals surface area contributed by atoms with Crippen molar-refractivity contribution in [1.82, 2.24) is 9.88 Å². The molecular weight excluding hydrogens is 320 g/mol. The van der Waals surface area contributed by atoms with Crippen LogP contribution in [0.2, 0.25) is 0 Å². The maximum atomic E-state index is 12.4. The monoisotopic (exact) mass is 336 g/mol. The SMILES string of the molecule is COc1ccc(-c2ncc(C(=O)N3CCS(=O)CC3)s2)cc1. The number of amides is 1. The summed E-state index contributed by atoms with van der Waals surface area (Å²) < 4.78 is 16.5. The molecular formula is C15H16N2O3S2. The lowest BCUT2D eigenvalue weighted by atomic mass is 10.2. The lowest BCUT2D eigenvalue weighted by Crippen LogP contribution is -2.41. The van der Waals surface area contributed by atoms with Gasteiger partial charge in [0.15, 0.2) is 0 Å². The Morgan fingerprint density at radius 1 is 1.27 bits per heavy atom. The maximum Gasteiger partial charge on any atom is 0.265 e. The number of benzene rings is 1. The molecule has 1 aromatic heterocycles. The molecule has 22 heavy (non-hydrogen) atoms. The Kier molecular flexibility index (Phi) is 4.54. The van der Waals surface area contributed by atoms with Crippen LogP contribution < -0.4 is 4.74 Å². The van der Waals surface area contributed by atoms with Gasteiger partial charge in [0, 0.05) is 41.0 Å². The average molecular weight is 336 g/mol. The van der Waals surface area contributed by atoms with Gasteiger partial charge in [-0.3, -0.25) is 9.00 Å². The molecule has 2 heterocycles. The highest BCUT2D eigenvalue weighted by molar-refractivity contribution is 7.85. The lowest BCUT2D eigenvalue weighted by molar-refractivity contribution is 0.0776. The molecule has 0 N–H and O–H groups in total. The standard InChI is InChI=1S/C15H16N2O3S2/c1-20-12-4-2-11(3-5-12)14-16-10-13(21-14)15(18)17-6-8-22(19)9-7-17/h2-5,10H,6-9H2,1H3. The smallest absolute Gasteiger partial charge is 0.265 e. The number of hydrogen-bond donors (Lipinski definition) is 0. The van der Waals surface area contributed by atoms with Gasteiger partial charge in [0.05, 0.1) is 13.3 Å². The second-order valence-electron chi connectivity index (χ2n) is 4.90. The number of carbonyl (C=O) groups is 1. The molecule has 116 valence electrons. The molecule has 0 radical (unpaired) electrons. The first-order valence-electron chi connectivity index (χ1n) is 6.92. The van der Waals surface area contributed by atoms with Crippen molar-refractivity contribution in [1.29, 1.82) is 0 Å². The molecule has 0 spiro atoms. The third-order valence-corrected chi connectivity index (χ3v) is 5.83. The van der Waals surface area contributed by atoms with E-state index in [1.54, 1.807) is 18.2 Å². The van der Waals surface area contributed by atoms with Gasteiger partial charge >= 0.3 is 0 Å². The molecule has 0 bridgehead atoms. The molecule has 0 saturated carbocycles. The molecule has 2 aromatic rings. The number of carbonyl (C=O) groups excluding carboxylic acids is 1. The van der Waals surface area contributed by atoms with Crippen LogP contribution in [0.4, 0.5) is 0 Å². The zero-order valence-corrected chi connectivity index (χ0v) is 13.8. The van der Waals surface area contributed by atoms with Crippen molar-refractivity contribution in [2.24, 2.45) is 0 Å². The number of nitrogens with zero attached hydrogens (tertiary/aromatic N) is 2. The first-order chi connectivity index (χ1) is 10.7. The average Bonchev–Trinajstić information content (AvgIpc) is 3.05. The molecule has 1 saturated heterocycles. The van der Waals surface area contributed by atoms with Gasteiger partial charge in [0.2, 0.25) is 0 Å². The highest BCUT2D eigenvalue weighted by Crippen LogP contribution is 2.27. The highest BCUT2D eigenvalue weighted by Gasteiger charge is 2.23. The predicted octanol–water partition coefficient (Wildman–Crippen LogP) is 2.02. The van der Waals surface area contributed by atoms with Gasteiger partial charge in [-0.1, -0.05) is 0 Å². The van der Waals surface area contributed by atoms with Crippen LogP contribution in [0, 0.1) is 0 Å². The number of aromatic nitrogens is 1. The van der Waals surface area contributed by atoms with Crippen LogP contribution in [-0.4, -0.2) is 51.7 Å². The summed E-state index contributed by atoms with van der Waals surface area (Å²) in [7, 11) is 0.846. The van der Waals surface area contributed by atoms with Gasteiger partial charge in [0.1, 0.15) is 15.6 Å². The number of rotatable bonds is 3. The van der Waals surface area contributed by atoms with Crippen molar-refractivity contribution in [3.63, 3.8) is 0 Å². The van der Waals surface area contributed by atoms with Crippen LogP contribution in [0.25, 0.3) is 10.6 Å². The Balaban J connectivity index is 1.75. The van der Waals surface area contributed by atoms with Crippen molar-refractivity contribution in [3.8, 4) is 16.3 Å². The number of hydrogen-bond acceptors (Lipinski definition) is 5. The van der Waals surface area contributed by atoms with Gasteiger partial charge in [0.25, 0.3) is 5.91 Å². The second kappa shape index (κ2) is 6.58. The molecule has 3 rings (SSSR count). The van der Waals surface area contributed by atoms with Crippen LogP contribution in [0.3, 0.4) is 0 Å². The van der Waals surface area contributed by atoms with E-state index >= 15 is 0 Å². The van der Waals surface area contributed by atoms with Crippen LogP contribution >= 0.6 is 11.3 Å². The molecule has 1 fully saturated rings. The number of methoxy groups -OCH3 is 1. The van der Waals surface area contributed by atoms with Gasteiger partial charge in [-0.05, 0) is 24.3 Å². The third kappa shape index (κ3) is 3.20. The van der Waals surface area contributed by atoms with Crippen molar-refractivity contribution < 1.29 is 13.7 Å². The summed E-state index contributed by atoms with van der Waals surface area (Å²) in [5, 5.41) is 0.812. The number of ether oxygens (including phenoxy) is 1. The molecule has 0 aliphatic carbocycles. The minimum Gasteiger partial charge on any atom is -0.497 e. The van der Waals surface area contributed by atoms with E-state index < -0.39 is 10.8 Å². The van der Waals surface area contributed by atoms with Crippen molar-refractivity contribution in [2.75, 3.05) is 31.7 Å². The third-order valence-electron chi connectivity index (χ3n) is 3.52. The Morgan fingerprint density at radius 2 is 1.95 bits per heavy atom. The fraction of sp³-hybridized carbons (Fsp3) is 0.333. The molecule has 1 amide bonds. The van der Waals surface area contributed by atoms with E-state index in [-0.39, 0.29) is 5.91 Å². The van der Waals surface area contributed by atoms with E-state index in [4.69, 9.17) is 4.74 Å². The summed E-state index contributed by atoms with van der Waals surface area (Å²) in [5.74, 6) is 1.90. The zero-order chi connectivity index (χ0) is 15.5. The van der Waals surface area contributed by atoms with Crippen LogP contribution in [0.1, 0.15) is 9.67 Å². The Bertz CT molecular complexity index is 687. The molecule has 1 aliphatic rings. The van der Waals surface area contributed by atoms with Gasteiger partial charge in [-0.2, -0.15) is 0 Å². The zero-order valence-electron chi connectivity index (χ0n) is 12.2. The van der Waals surface area contributed by atoms with E-state index in [9.17, 15) is 9.00 Å². The van der Waals surface area contributed by atoms with E-state index in [1.807, 2.05) is 24.3 Å². The minimum absolute atomic E-state index is 0.0195. The highest BCUT2D eigenvalue weighted by atomic mass is 32.2. The van der Waals surface area contributed by atoms with E-state index in [0.717, 1.165) is 16.3 Å². The predicted molar refractivity (Wildman–Crippen MR) is 87.9 cm³/mol. The minimum atomic E-state index is -0.780. The normalized spacial score (nSPS) is 15.8. The molecule has 0 unspecified atom stereocenters. The van der Waals surface area contributed by atoms with E-state index in [2.05, 4.69) is 4.98 Å². The first-order valence-corrected chi connectivity index (χ1v) is 9.22. The fourth-order valence-corrected chi connectivity index (χ4v) is 4.18. The van der Waals surface area contributed by atoms with Crippen molar-refractivity contribution >= 4 is 28.0 Å². The quantitative estimate of drug-likeness (QED) is 0.860. The molecule has 5 nitrogen and oxygen atoms in total.